The van der Waals surface area contributed by atoms with Gasteiger partial charge in [0.05, 0.1) is 6.54 Å². The van der Waals surface area contributed by atoms with Gasteiger partial charge in [0.1, 0.15) is 12.7 Å². The van der Waals surface area contributed by atoms with Crippen LogP contribution >= 0.6 is 23.2 Å². The first-order chi connectivity index (χ1) is 9.24. The van der Waals surface area contributed by atoms with Crippen LogP contribution in [-0.4, -0.2) is 26.0 Å². The van der Waals surface area contributed by atoms with Gasteiger partial charge in [-0.15, -0.1) is 0 Å². The molecule has 0 spiro atoms. The van der Waals surface area contributed by atoms with Gasteiger partial charge < -0.3 is 5.11 Å². The minimum atomic E-state index is -4.95. The van der Waals surface area contributed by atoms with Crippen LogP contribution in [0.1, 0.15) is 5.56 Å². The van der Waals surface area contributed by atoms with Crippen LogP contribution in [0, 0.1) is 0 Å². The van der Waals surface area contributed by atoms with Gasteiger partial charge in [0.15, 0.2) is 0 Å². The second-order valence-corrected chi connectivity index (χ2v) is 4.92. The number of hydrogen-bond acceptors (Lipinski definition) is 3. The van der Waals surface area contributed by atoms with E-state index in [0.29, 0.717) is 0 Å². The molecular weight excluding hydrogens is 318 g/mol. The summed E-state index contributed by atoms with van der Waals surface area (Å²) in [5.41, 5.74) is -3.69. The Labute approximate surface area is 121 Å². The highest BCUT2D eigenvalue weighted by molar-refractivity contribution is 6.35. The Morgan fingerprint density at radius 1 is 1.25 bits per heavy atom. The lowest BCUT2D eigenvalue weighted by molar-refractivity contribution is -0.272. The van der Waals surface area contributed by atoms with E-state index in [1.165, 1.54) is 6.07 Å². The van der Waals surface area contributed by atoms with E-state index in [4.69, 9.17) is 23.2 Å². The number of nitrogens with zero attached hydrogens (tertiary/aromatic N) is 3. The maximum Gasteiger partial charge on any atom is 0.423 e. The number of rotatable bonds is 3. The SMILES string of the molecule is OC(Cn1cncn1)(c1ccc(Cl)cc1Cl)C(F)(F)F. The van der Waals surface area contributed by atoms with Crippen molar-refractivity contribution in [1.29, 1.82) is 0 Å². The van der Waals surface area contributed by atoms with E-state index in [0.717, 1.165) is 29.5 Å². The predicted octanol–water partition coefficient (Wildman–Crippen LogP) is 3.04. The van der Waals surface area contributed by atoms with Crippen molar-refractivity contribution >= 4 is 23.2 Å². The first-order valence-corrected chi connectivity index (χ1v) is 6.07. The van der Waals surface area contributed by atoms with Crippen molar-refractivity contribution in [2.75, 3.05) is 0 Å². The molecule has 0 fully saturated rings. The molecule has 1 unspecified atom stereocenters. The molecule has 1 heterocycles. The van der Waals surface area contributed by atoms with Crippen LogP contribution in [-0.2, 0) is 12.1 Å². The van der Waals surface area contributed by atoms with Crippen LogP contribution in [0.15, 0.2) is 30.9 Å². The molecule has 0 saturated heterocycles. The molecule has 0 aliphatic rings. The molecule has 1 N–H and O–H groups in total. The molecule has 2 aromatic rings. The number of hydrogen-bond donors (Lipinski definition) is 1. The Bertz CT molecular complexity index is 603. The molecule has 108 valence electrons. The van der Waals surface area contributed by atoms with Gasteiger partial charge in [0.25, 0.3) is 0 Å². The summed E-state index contributed by atoms with van der Waals surface area (Å²) < 4.78 is 40.7. The first-order valence-electron chi connectivity index (χ1n) is 5.31. The summed E-state index contributed by atoms with van der Waals surface area (Å²) >= 11 is 11.4. The molecule has 0 saturated carbocycles. The van der Waals surface area contributed by atoms with Crippen molar-refractivity contribution in [2.45, 2.75) is 18.3 Å². The zero-order valence-electron chi connectivity index (χ0n) is 9.77. The molecule has 1 aromatic carbocycles. The van der Waals surface area contributed by atoms with Crippen LogP contribution < -0.4 is 0 Å². The fourth-order valence-electron chi connectivity index (χ4n) is 1.70. The van der Waals surface area contributed by atoms with Crippen LogP contribution in [0.3, 0.4) is 0 Å². The van der Waals surface area contributed by atoms with Crippen LogP contribution in [0.25, 0.3) is 0 Å². The van der Waals surface area contributed by atoms with E-state index >= 15 is 0 Å². The molecule has 0 aliphatic carbocycles. The van der Waals surface area contributed by atoms with Gasteiger partial charge in [0.2, 0.25) is 5.60 Å². The Hall–Kier alpha value is -1.31. The molecule has 20 heavy (non-hydrogen) atoms. The summed E-state index contributed by atoms with van der Waals surface area (Å²) in [4.78, 5) is 3.54. The highest BCUT2D eigenvalue weighted by atomic mass is 35.5. The van der Waals surface area contributed by atoms with E-state index in [1.807, 2.05) is 0 Å². The molecule has 2 rings (SSSR count). The van der Waals surface area contributed by atoms with Gasteiger partial charge in [-0.05, 0) is 12.1 Å². The summed E-state index contributed by atoms with van der Waals surface area (Å²) in [7, 11) is 0. The fourth-order valence-corrected chi connectivity index (χ4v) is 2.27. The maximum absolute atomic E-state index is 13.3. The maximum atomic E-state index is 13.3. The number of aromatic nitrogens is 3. The lowest BCUT2D eigenvalue weighted by atomic mass is 9.93. The third-order valence-electron chi connectivity index (χ3n) is 2.70. The Morgan fingerprint density at radius 3 is 2.45 bits per heavy atom. The number of benzene rings is 1. The first kappa shape index (κ1) is 15.1. The Balaban J connectivity index is 2.52. The summed E-state index contributed by atoms with van der Waals surface area (Å²) in [6, 6.07) is 3.40. The summed E-state index contributed by atoms with van der Waals surface area (Å²) in [6.07, 6.45) is -2.81. The van der Waals surface area contributed by atoms with Gasteiger partial charge in [0, 0.05) is 15.6 Å². The quantitative estimate of drug-likeness (QED) is 0.943. The number of halogens is 5. The minimum Gasteiger partial charge on any atom is -0.375 e. The topological polar surface area (TPSA) is 50.9 Å². The standard InChI is InChI=1S/C11H8Cl2F3N3O/c12-7-1-2-8(9(13)3-7)10(20,11(14,15)16)4-19-6-17-5-18-19/h1-3,5-6,20H,4H2. The lowest BCUT2D eigenvalue weighted by Gasteiger charge is -2.31. The van der Waals surface area contributed by atoms with E-state index in [2.05, 4.69) is 10.1 Å². The third kappa shape index (κ3) is 2.74. The largest absolute Gasteiger partial charge is 0.423 e. The molecule has 1 atom stereocenters. The molecular formula is C11H8Cl2F3N3O. The van der Waals surface area contributed by atoms with Gasteiger partial charge in [-0.25, -0.2) is 9.67 Å². The van der Waals surface area contributed by atoms with Crippen molar-refractivity contribution in [1.82, 2.24) is 14.8 Å². The molecule has 9 heteroatoms. The third-order valence-corrected chi connectivity index (χ3v) is 3.25. The number of alkyl halides is 3. The van der Waals surface area contributed by atoms with Crippen LogP contribution in [0.5, 0.6) is 0 Å². The zero-order valence-corrected chi connectivity index (χ0v) is 11.3. The van der Waals surface area contributed by atoms with E-state index in [9.17, 15) is 18.3 Å². The second-order valence-electron chi connectivity index (χ2n) is 4.08. The molecule has 0 aliphatic heterocycles. The summed E-state index contributed by atoms with van der Waals surface area (Å²) in [5.74, 6) is 0. The normalized spacial score (nSPS) is 15.1. The van der Waals surface area contributed by atoms with Crippen LogP contribution in [0.2, 0.25) is 10.0 Å². The van der Waals surface area contributed by atoms with Gasteiger partial charge >= 0.3 is 6.18 Å². The second kappa shape index (κ2) is 5.23. The number of aliphatic hydroxyl groups is 1. The highest BCUT2D eigenvalue weighted by Gasteiger charge is 2.56. The van der Waals surface area contributed by atoms with E-state index < -0.39 is 23.9 Å². The van der Waals surface area contributed by atoms with E-state index in [1.54, 1.807) is 0 Å². The molecule has 0 bridgehead atoms. The fraction of sp³-hybridized carbons (Fsp3) is 0.273. The van der Waals surface area contributed by atoms with E-state index in [-0.39, 0.29) is 10.0 Å². The predicted molar refractivity (Wildman–Crippen MR) is 66.4 cm³/mol. The average Bonchev–Trinajstić information content (AvgIpc) is 2.79. The average molecular weight is 326 g/mol. The molecule has 1 aromatic heterocycles. The Morgan fingerprint density at radius 2 is 1.95 bits per heavy atom. The van der Waals surface area contributed by atoms with Gasteiger partial charge in [-0.2, -0.15) is 18.3 Å². The zero-order chi connectivity index (χ0) is 15.0. The molecule has 4 nitrogen and oxygen atoms in total. The summed E-state index contributed by atoms with van der Waals surface area (Å²) in [5, 5.41) is 13.6. The van der Waals surface area contributed by atoms with Crippen molar-refractivity contribution < 1.29 is 18.3 Å². The minimum absolute atomic E-state index is 0.170. The smallest absolute Gasteiger partial charge is 0.375 e. The van der Waals surface area contributed by atoms with Crippen molar-refractivity contribution in [3.8, 4) is 0 Å². The molecule has 0 amide bonds. The van der Waals surface area contributed by atoms with Crippen molar-refractivity contribution in [3.63, 3.8) is 0 Å². The Kier molecular flexibility index (Phi) is 3.95. The van der Waals surface area contributed by atoms with Crippen LogP contribution in [0.4, 0.5) is 13.2 Å². The van der Waals surface area contributed by atoms with Crippen molar-refractivity contribution in [2.24, 2.45) is 0 Å². The molecule has 0 radical (unpaired) electrons. The van der Waals surface area contributed by atoms with Gasteiger partial charge in [-0.3, -0.25) is 0 Å². The summed E-state index contributed by atoms with van der Waals surface area (Å²) in [6.45, 7) is -0.863. The highest BCUT2D eigenvalue weighted by Crippen LogP contribution is 2.43. The van der Waals surface area contributed by atoms with Crippen molar-refractivity contribution in [3.05, 3.63) is 46.5 Å². The monoisotopic (exact) mass is 325 g/mol. The lowest BCUT2D eigenvalue weighted by Crippen LogP contribution is -2.46. The van der Waals surface area contributed by atoms with Gasteiger partial charge in [-0.1, -0.05) is 29.3 Å².